The molecule has 1 spiro atoms. The summed E-state index contributed by atoms with van der Waals surface area (Å²) in [5, 5.41) is 2.16. The number of hydrogen-bond acceptors (Lipinski definition) is 4. The van der Waals surface area contributed by atoms with E-state index in [1.54, 1.807) is 12.3 Å². The second-order valence-corrected chi connectivity index (χ2v) is 6.67. The van der Waals surface area contributed by atoms with E-state index in [0.29, 0.717) is 5.69 Å². The third-order valence-electron chi connectivity index (χ3n) is 4.61. The Labute approximate surface area is 127 Å². The summed E-state index contributed by atoms with van der Waals surface area (Å²) in [6.45, 7) is 2.43. The SMILES string of the molecule is Fc1cnccc1N1CCC2(CC1)OCCc1sccc12. The molecular weight excluding hydrogens is 287 g/mol. The van der Waals surface area contributed by atoms with Crippen LogP contribution < -0.4 is 4.90 Å². The maximum Gasteiger partial charge on any atom is 0.164 e. The van der Waals surface area contributed by atoms with Gasteiger partial charge in [0.1, 0.15) is 0 Å². The quantitative estimate of drug-likeness (QED) is 0.808. The highest BCUT2D eigenvalue weighted by atomic mass is 32.1. The van der Waals surface area contributed by atoms with Crippen molar-refractivity contribution in [3.8, 4) is 0 Å². The van der Waals surface area contributed by atoms with Gasteiger partial charge in [0.2, 0.25) is 0 Å². The van der Waals surface area contributed by atoms with Crippen LogP contribution in [0.2, 0.25) is 0 Å². The predicted molar refractivity (Wildman–Crippen MR) is 81.3 cm³/mol. The molecule has 2 aliphatic rings. The van der Waals surface area contributed by atoms with Crippen LogP contribution in [-0.4, -0.2) is 24.7 Å². The van der Waals surface area contributed by atoms with Gasteiger partial charge >= 0.3 is 0 Å². The number of piperidine rings is 1. The van der Waals surface area contributed by atoms with Crippen molar-refractivity contribution < 1.29 is 9.13 Å². The van der Waals surface area contributed by atoms with Gasteiger partial charge in [-0.15, -0.1) is 11.3 Å². The fourth-order valence-electron chi connectivity index (χ4n) is 3.50. The van der Waals surface area contributed by atoms with Gasteiger partial charge in [-0.1, -0.05) is 0 Å². The molecule has 4 heterocycles. The van der Waals surface area contributed by atoms with Gasteiger partial charge in [-0.05, 0) is 35.9 Å². The molecule has 2 aromatic heterocycles. The second-order valence-electron chi connectivity index (χ2n) is 5.66. The van der Waals surface area contributed by atoms with E-state index >= 15 is 0 Å². The summed E-state index contributed by atoms with van der Waals surface area (Å²) in [5.74, 6) is -0.241. The number of halogens is 1. The summed E-state index contributed by atoms with van der Waals surface area (Å²) in [6, 6.07) is 3.97. The topological polar surface area (TPSA) is 25.4 Å². The molecule has 1 fully saturated rings. The zero-order chi connectivity index (χ0) is 14.3. The van der Waals surface area contributed by atoms with Crippen molar-refractivity contribution in [3.05, 3.63) is 46.2 Å². The van der Waals surface area contributed by atoms with Gasteiger partial charge in [0.05, 0.1) is 24.1 Å². The van der Waals surface area contributed by atoms with Crippen molar-refractivity contribution in [2.24, 2.45) is 0 Å². The van der Waals surface area contributed by atoms with Gasteiger partial charge in [-0.25, -0.2) is 4.39 Å². The van der Waals surface area contributed by atoms with Crippen LogP contribution in [0.15, 0.2) is 29.9 Å². The monoisotopic (exact) mass is 304 g/mol. The number of aromatic nitrogens is 1. The molecule has 5 heteroatoms. The molecule has 21 heavy (non-hydrogen) atoms. The summed E-state index contributed by atoms with van der Waals surface area (Å²) >= 11 is 1.83. The van der Waals surface area contributed by atoms with E-state index in [1.165, 1.54) is 16.6 Å². The summed E-state index contributed by atoms with van der Waals surface area (Å²) in [7, 11) is 0. The Morgan fingerprint density at radius 1 is 1.29 bits per heavy atom. The maximum absolute atomic E-state index is 13.9. The van der Waals surface area contributed by atoms with Crippen molar-refractivity contribution in [3.63, 3.8) is 0 Å². The van der Waals surface area contributed by atoms with Crippen molar-refractivity contribution in [2.45, 2.75) is 24.9 Å². The Kier molecular flexibility index (Phi) is 3.19. The van der Waals surface area contributed by atoms with Crippen molar-refractivity contribution in [1.29, 1.82) is 0 Å². The lowest BCUT2D eigenvalue weighted by Crippen LogP contribution is -2.46. The van der Waals surface area contributed by atoms with E-state index in [1.807, 2.05) is 11.3 Å². The predicted octanol–water partition coefficient (Wildman–Crippen LogP) is 3.35. The van der Waals surface area contributed by atoms with Crippen LogP contribution in [0.4, 0.5) is 10.1 Å². The van der Waals surface area contributed by atoms with Gasteiger partial charge in [-0.3, -0.25) is 4.98 Å². The third-order valence-corrected chi connectivity index (χ3v) is 5.59. The lowest BCUT2D eigenvalue weighted by atomic mass is 9.82. The Balaban J connectivity index is 1.57. The minimum Gasteiger partial charge on any atom is -0.370 e. The Bertz CT molecular complexity index is 649. The van der Waals surface area contributed by atoms with Gasteiger partial charge in [-0.2, -0.15) is 0 Å². The number of anilines is 1. The van der Waals surface area contributed by atoms with Crippen LogP contribution in [-0.2, 0) is 16.8 Å². The smallest absolute Gasteiger partial charge is 0.164 e. The number of nitrogens with zero attached hydrogens (tertiary/aromatic N) is 2. The summed E-state index contributed by atoms with van der Waals surface area (Å²) in [5.41, 5.74) is 1.88. The Morgan fingerprint density at radius 2 is 2.14 bits per heavy atom. The molecule has 0 amide bonds. The molecule has 4 rings (SSSR count). The molecule has 0 N–H and O–H groups in total. The molecule has 110 valence electrons. The Morgan fingerprint density at radius 3 is 2.95 bits per heavy atom. The molecule has 0 aliphatic carbocycles. The zero-order valence-corrected chi connectivity index (χ0v) is 12.5. The van der Waals surface area contributed by atoms with E-state index in [4.69, 9.17) is 4.74 Å². The van der Waals surface area contributed by atoms with Crippen LogP contribution in [0.3, 0.4) is 0 Å². The fraction of sp³-hybridized carbons (Fsp3) is 0.438. The van der Waals surface area contributed by atoms with Crippen molar-refractivity contribution in [1.82, 2.24) is 4.98 Å². The zero-order valence-electron chi connectivity index (χ0n) is 11.7. The average Bonchev–Trinajstić information content (AvgIpc) is 2.99. The lowest BCUT2D eigenvalue weighted by Gasteiger charge is -2.44. The van der Waals surface area contributed by atoms with Crippen LogP contribution in [0.1, 0.15) is 23.3 Å². The molecule has 0 aromatic carbocycles. The molecule has 2 aliphatic heterocycles. The first kappa shape index (κ1) is 13.2. The summed E-state index contributed by atoms with van der Waals surface area (Å²) in [4.78, 5) is 7.39. The highest BCUT2D eigenvalue weighted by Gasteiger charge is 2.41. The first-order valence-electron chi connectivity index (χ1n) is 7.34. The molecule has 0 atom stereocenters. The largest absolute Gasteiger partial charge is 0.370 e. The normalized spacial score (nSPS) is 20.5. The number of fused-ring (bicyclic) bond motifs is 2. The second kappa shape index (κ2) is 5.07. The van der Waals surface area contributed by atoms with E-state index in [0.717, 1.165) is 39.0 Å². The fourth-order valence-corrected chi connectivity index (χ4v) is 4.45. The summed E-state index contributed by atoms with van der Waals surface area (Å²) < 4.78 is 20.0. The van der Waals surface area contributed by atoms with Crippen LogP contribution in [0, 0.1) is 5.82 Å². The van der Waals surface area contributed by atoms with Crippen molar-refractivity contribution >= 4 is 17.0 Å². The Hall–Kier alpha value is -1.46. The van der Waals surface area contributed by atoms with E-state index < -0.39 is 0 Å². The molecule has 0 saturated carbocycles. The molecule has 3 nitrogen and oxygen atoms in total. The minimum atomic E-state index is -0.241. The van der Waals surface area contributed by atoms with Gasteiger partial charge in [0.25, 0.3) is 0 Å². The molecule has 2 aromatic rings. The lowest BCUT2D eigenvalue weighted by molar-refractivity contribution is -0.0757. The highest BCUT2D eigenvalue weighted by molar-refractivity contribution is 7.10. The van der Waals surface area contributed by atoms with Crippen LogP contribution >= 0.6 is 11.3 Å². The first-order valence-corrected chi connectivity index (χ1v) is 8.22. The molecular formula is C16H17FN2OS. The number of hydrogen-bond donors (Lipinski definition) is 0. The number of rotatable bonds is 1. The average molecular weight is 304 g/mol. The molecule has 0 radical (unpaired) electrons. The van der Waals surface area contributed by atoms with Gasteiger partial charge < -0.3 is 9.64 Å². The minimum absolute atomic E-state index is 0.145. The van der Waals surface area contributed by atoms with E-state index in [-0.39, 0.29) is 11.4 Å². The number of thiophene rings is 1. The van der Waals surface area contributed by atoms with Gasteiger partial charge in [0.15, 0.2) is 5.82 Å². The summed E-state index contributed by atoms with van der Waals surface area (Å²) in [6.07, 6.45) is 5.79. The third kappa shape index (κ3) is 2.15. The maximum atomic E-state index is 13.9. The first-order chi connectivity index (χ1) is 10.3. The molecule has 1 saturated heterocycles. The van der Waals surface area contributed by atoms with Gasteiger partial charge in [0, 0.05) is 30.6 Å². The number of pyridine rings is 1. The van der Waals surface area contributed by atoms with Crippen LogP contribution in [0.5, 0.6) is 0 Å². The standard InChI is InChI=1S/C16H17FN2OS/c17-13-11-18-6-1-14(13)19-7-4-16(5-8-19)12-3-10-21-15(12)2-9-20-16/h1,3,6,10-11H,2,4-5,7-9H2. The van der Waals surface area contributed by atoms with Crippen LogP contribution in [0.25, 0.3) is 0 Å². The molecule has 0 unspecified atom stereocenters. The van der Waals surface area contributed by atoms with E-state index in [9.17, 15) is 4.39 Å². The number of ether oxygens (including phenoxy) is 1. The van der Waals surface area contributed by atoms with E-state index in [2.05, 4.69) is 21.3 Å². The molecule has 0 bridgehead atoms. The highest BCUT2D eigenvalue weighted by Crippen LogP contribution is 2.44. The van der Waals surface area contributed by atoms with Crippen molar-refractivity contribution in [2.75, 3.05) is 24.6 Å².